The van der Waals surface area contributed by atoms with Crippen LogP contribution >= 0.6 is 0 Å². The minimum Gasteiger partial charge on any atom is -0.483 e. The van der Waals surface area contributed by atoms with E-state index < -0.39 is 47.3 Å². The Balaban J connectivity index is 0.000000129. The predicted octanol–water partition coefficient (Wildman–Crippen LogP) is 8.69. The number of pyridine rings is 3. The minimum absolute atomic E-state index is 0.103. The fraction of sp³-hybridized carbons (Fsp3) is 0.250. The molecule has 0 radical (unpaired) electrons. The molecule has 17 rings (SSSR count). The summed E-state index contributed by atoms with van der Waals surface area (Å²) in [5, 5.41) is 48.8. The van der Waals surface area contributed by atoms with Crippen LogP contribution in [0.15, 0.2) is 173 Å². The van der Waals surface area contributed by atoms with E-state index in [9.17, 15) is 41.5 Å². The number of furan rings is 3. The van der Waals surface area contributed by atoms with E-state index in [2.05, 4.69) is 81.7 Å². The topological polar surface area (TPSA) is 395 Å². The average molecular weight is 1420 g/mol. The Morgan fingerprint density at radius 2 is 0.923 bits per heavy atom. The molecule has 0 bridgehead atoms. The zero-order valence-electron chi connectivity index (χ0n) is 54.7. The second-order valence-electron chi connectivity index (χ2n) is 24.5. The van der Waals surface area contributed by atoms with E-state index in [1.165, 1.54) is 9.80 Å². The molecule has 532 valence electrons. The Kier molecular flexibility index (Phi) is 18.9. The molecule has 2 atom stereocenters. The quantitative estimate of drug-likeness (QED) is 0.0331. The average Bonchev–Trinajstić information content (AvgIpc) is 1.60. The molecule has 2 saturated carbocycles. The number of aromatic nitrogens is 15. The first-order valence-corrected chi connectivity index (χ1v) is 32.3. The van der Waals surface area contributed by atoms with Crippen LogP contribution in [0, 0.1) is 11.8 Å². The summed E-state index contributed by atoms with van der Waals surface area (Å²) in [4.78, 5) is 89.6. The number of carbonyl (C=O) groups excluding carboxylic acids is 5. The van der Waals surface area contributed by atoms with Gasteiger partial charge in [-0.1, -0.05) is 12.1 Å². The molecule has 15 heterocycles. The number of amides is 5. The maximum atomic E-state index is 13.2. The van der Waals surface area contributed by atoms with Gasteiger partial charge in [0, 0.05) is 109 Å². The molecule has 5 fully saturated rings. The van der Waals surface area contributed by atoms with Crippen molar-refractivity contribution in [2.24, 2.45) is 18.9 Å². The number of morpholine rings is 1. The van der Waals surface area contributed by atoms with Crippen LogP contribution < -0.4 is 20.9 Å². The van der Waals surface area contributed by atoms with Crippen LogP contribution in [0.3, 0.4) is 0 Å². The molecule has 5 aliphatic rings. The number of anilines is 4. The largest absolute Gasteiger partial charge is 0.483 e. The highest BCUT2D eigenvalue weighted by molar-refractivity contribution is 6.06. The third-order valence-electron chi connectivity index (χ3n) is 17.4. The molecule has 104 heavy (non-hydrogen) atoms. The molecule has 3 saturated heterocycles. The summed E-state index contributed by atoms with van der Waals surface area (Å²) in [5.41, 5.74) is 7.84. The monoisotopic (exact) mass is 1420 g/mol. The first-order valence-electron chi connectivity index (χ1n) is 32.3. The first kappa shape index (κ1) is 68.0. The number of aromatic amines is 3. The fourth-order valence-electron chi connectivity index (χ4n) is 11.6. The Morgan fingerprint density at radius 3 is 1.28 bits per heavy atom. The molecule has 32 nitrogen and oxygen atoms in total. The number of nitrogens with one attached hydrogen (secondary N) is 6. The number of likely N-dealkylation sites (tertiary alicyclic amines) is 2. The third kappa shape index (κ3) is 14.9. The Labute approximate surface area is 584 Å². The van der Waals surface area contributed by atoms with Gasteiger partial charge in [0.25, 0.3) is 36.0 Å². The number of rotatable bonds is 17. The fourth-order valence-corrected chi connectivity index (χ4v) is 11.6. The van der Waals surface area contributed by atoms with Gasteiger partial charge in [-0.3, -0.25) is 73.1 Å². The van der Waals surface area contributed by atoms with Crippen molar-refractivity contribution in [2.75, 3.05) is 73.3 Å². The SMILES string of the molecule is Cn1cc(NC(=O)c2ccc(-c3cn[nH]c3)o2)c(-c2ccc(N3CCOCC3)cn2)n1.O=C(Nc1cn(C2CN(C(=O)C3CC3(F)F)C2)nc1-c1ccccn1)c1ccc(-c2cn[nH]c2)o1.O=C(Nc1cn(C2CN(C(=O)C3CC3(F)F)C2)nc1-c1ccccn1)c1ccc(-c2cn[nH]c2)o1.O=CO. The normalized spacial score (nSPS) is 17.0. The van der Waals surface area contributed by atoms with Gasteiger partial charge < -0.3 is 53.7 Å². The summed E-state index contributed by atoms with van der Waals surface area (Å²) >= 11 is 0. The summed E-state index contributed by atoms with van der Waals surface area (Å²) < 4.78 is 80.3. The molecular weight excluding hydrogens is 1360 g/mol. The lowest BCUT2D eigenvalue weighted by atomic mass is 10.1. The highest BCUT2D eigenvalue weighted by Crippen LogP contribution is 2.51. The van der Waals surface area contributed by atoms with Gasteiger partial charge in [-0.05, 0) is 72.8 Å². The van der Waals surface area contributed by atoms with Crippen LogP contribution in [0.25, 0.3) is 68.1 Å². The van der Waals surface area contributed by atoms with Crippen molar-refractivity contribution in [3.63, 3.8) is 0 Å². The van der Waals surface area contributed by atoms with E-state index in [1.807, 2.05) is 18.3 Å². The standard InChI is InChI=1S/2C23H19F2N7O3.C21H21N7O3.CH2O2/c2*24-23(25)7-15(23)22(34)31-10-14(11-31)32-12-17(20(30-32)16-3-1-2-6-26-16)29-21(33)19-5-4-18(35-19)13-8-27-28-9-13;1-27-13-17(25-21(29)19-5-4-18(31-19)14-10-23-24-11-14)20(26-27)16-3-2-15(12-22-16)28-6-8-30-9-7-28;2-1-3/h2*1-6,8-9,12,14-15H,7,10-11H2,(H,27,28)(H,29,33);2-5,10-13H,6-9H2,1H3,(H,23,24)(H,25,29);1H,(H,2,3). The number of hydrogen-bond acceptors (Lipinski definition) is 20. The second kappa shape index (κ2) is 28.8. The smallest absolute Gasteiger partial charge is 0.291 e. The lowest BCUT2D eigenvalue weighted by Crippen LogP contribution is -2.51. The van der Waals surface area contributed by atoms with Gasteiger partial charge in [0.2, 0.25) is 11.8 Å². The van der Waals surface area contributed by atoms with Crippen molar-refractivity contribution >= 4 is 58.8 Å². The molecule has 2 aliphatic carbocycles. The van der Waals surface area contributed by atoms with Crippen LogP contribution in [0.4, 0.5) is 40.3 Å². The number of alkyl halides is 4. The maximum absolute atomic E-state index is 13.2. The highest BCUT2D eigenvalue weighted by atomic mass is 19.3. The molecule has 0 aromatic carbocycles. The van der Waals surface area contributed by atoms with Crippen LogP contribution in [0.1, 0.15) is 56.6 Å². The number of carbonyl (C=O) groups is 6. The lowest BCUT2D eigenvalue weighted by molar-refractivity contribution is -0.141. The van der Waals surface area contributed by atoms with Crippen molar-refractivity contribution in [3.8, 4) is 68.1 Å². The first-order chi connectivity index (χ1) is 50.4. The predicted molar refractivity (Wildman–Crippen MR) is 359 cm³/mol. The Bertz CT molecular complexity index is 4780. The maximum Gasteiger partial charge on any atom is 0.291 e. The summed E-state index contributed by atoms with van der Waals surface area (Å²) in [6.07, 6.45) is 19.1. The third-order valence-corrected chi connectivity index (χ3v) is 17.4. The highest BCUT2D eigenvalue weighted by Gasteiger charge is 2.64. The molecule has 0 spiro atoms. The summed E-state index contributed by atoms with van der Waals surface area (Å²) in [7, 11) is 1.80. The van der Waals surface area contributed by atoms with E-state index in [0.29, 0.717) is 92.8 Å². The van der Waals surface area contributed by atoms with Crippen LogP contribution in [0.2, 0.25) is 0 Å². The molecule has 12 aromatic heterocycles. The van der Waals surface area contributed by atoms with E-state index >= 15 is 0 Å². The van der Waals surface area contributed by atoms with Crippen LogP contribution in [-0.4, -0.2) is 190 Å². The Hall–Kier alpha value is -13.2. The van der Waals surface area contributed by atoms with Crippen LogP contribution in [-0.2, 0) is 26.2 Å². The zero-order valence-corrected chi connectivity index (χ0v) is 54.7. The molecule has 3 aliphatic heterocycles. The van der Waals surface area contributed by atoms with Gasteiger partial charge in [0.1, 0.15) is 46.2 Å². The van der Waals surface area contributed by atoms with Gasteiger partial charge >= 0.3 is 0 Å². The molecular formula is C68H61F4N21O11. The van der Waals surface area contributed by atoms with Gasteiger partial charge in [0.15, 0.2) is 17.3 Å². The van der Waals surface area contributed by atoms with Crippen molar-refractivity contribution in [1.29, 1.82) is 0 Å². The van der Waals surface area contributed by atoms with Crippen molar-refractivity contribution in [2.45, 2.75) is 36.8 Å². The number of nitrogens with zero attached hydrogens (tertiary/aromatic N) is 15. The summed E-state index contributed by atoms with van der Waals surface area (Å²) in [6, 6.07) is 24.0. The molecule has 7 N–H and O–H groups in total. The van der Waals surface area contributed by atoms with Crippen molar-refractivity contribution in [1.82, 2.24) is 84.7 Å². The number of carboxylic acid groups (broad SMARTS) is 1. The van der Waals surface area contributed by atoms with Gasteiger partial charge in [-0.2, -0.15) is 30.6 Å². The van der Waals surface area contributed by atoms with Crippen molar-refractivity contribution in [3.05, 3.63) is 177 Å². The zero-order chi connectivity index (χ0) is 72.2. The minimum atomic E-state index is -2.89. The number of aryl methyl sites for hydroxylation is 1. The van der Waals surface area contributed by atoms with Crippen LogP contribution in [0.5, 0.6) is 0 Å². The molecule has 5 amide bonds. The second-order valence-corrected chi connectivity index (χ2v) is 24.5. The van der Waals surface area contributed by atoms with Gasteiger partial charge in [-0.25, -0.2) is 17.6 Å². The van der Waals surface area contributed by atoms with E-state index in [4.69, 9.17) is 27.9 Å². The lowest BCUT2D eigenvalue weighted by Gasteiger charge is -2.39. The van der Waals surface area contributed by atoms with E-state index in [0.717, 1.165) is 24.3 Å². The number of H-pyrrole nitrogens is 3. The summed E-state index contributed by atoms with van der Waals surface area (Å²) in [5.74, 6) is -8.61. The molecule has 2 unspecified atom stereocenters. The molecule has 12 aromatic rings. The number of halogens is 4. The van der Waals surface area contributed by atoms with Gasteiger partial charge in [0.05, 0.1) is 107 Å². The van der Waals surface area contributed by atoms with E-state index in [1.54, 1.807) is 162 Å². The molecule has 36 heteroatoms. The Morgan fingerprint density at radius 1 is 0.529 bits per heavy atom. The number of ether oxygens (including phenoxy) is 1. The van der Waals surface area contributed by atoms with Gasteiger partial charge in [-0.15, -0.1) is 0 Å². The van der Waals surface area contributed by atoms with Crippen molar-refractivity contribution < 1.29 is 69.4 Å². The van der Waals surface area contributed by atoms with E-state index in [-0.39, 0.29) is 80.8 Å². The summed E-state index contributed by atoms with van der Waals surface area (Å²) in [6.45, 7) is 3.96. The number of hydrogen-bond donors (Lipinski definition) is 7.